The molecule has 228 valence electrons. The van der Waals surface area contributed by atoms with E-state index in [4.69, 9.17) is 5.53 Å². The minimum atomic E-state index is -0.668. The van der Waals surface area contributed by atoms with Gasteiger partial charge in [-0.2, -0.15) is 0 Å². The molecule has 1 aliphatic rings. The second-order valence-electron chi connectivity index (χ2n) is 9.95. The molecule has 1 aliphatic heterocycles. The number of urea groups is 1. The second kappa shape index (κ2) is 15.6. The SMILES string of the molecule is CC1CCCCN1Cc1cccc(NC(=O)Nc2csc(-c3ccncc3)n2)n1.[N-]=[N+]=NC(=O)c1csc(-c2ccncc2)n1. The van der Waals surface area contributed by atoms with E-state index in [9.17, 15) is 9.59 Å². The van der Waals surface area contributed by atoms with Crippen molar-refractivity contribution in [2.24, 2.45) is 5.11 Å². The van der Waals surface area contributed by atoms with Gasteiger partial charge in [0.2, 0.25) is 0 Å². The van der Waals surface area contributed by atoms with Gasteiger partial charge in [0.1, 0.15) is 27.3 Å². The summed E-state index contributed by atoms with van der Waals surface area (Å²) in [4.78, 5) is 49.5. The number of carbonyl (C=O) groups is 2. The van der Waals surface area contributed by atoms with Gasteiger partial charge in [-0.3, -0.25) is 30.3 Å². The third-order valence-corrected chi connectivity index (χ3v) is 8.60. The van der Waals surface area contributed by atoms with Crippen LogP contribution in [-0.2, 0) is 6.54 Å². The van der Waals surface area contributed by atoms with E-state index in [1.54, 1.807) is 48.4 Å². The molecule has 0 radical (unpaired) electrons. The zero-order valence-electron chi connectivity index (χ0n) is 24.3. The Morgan fingerprint density at radius 2 is 1.58 bits per heavy atom. The summed E-state index contributed by atoms with van der Waals surface area (Å²) in [6.45, 7) is 4.17. The maximum absolute atomic E-state index is 12.4. The number of likely N-dealkylation sites (tertiary alicyclic amines) is 1. The molecule has 5 aromatic heterocycles. The number of piperidine rings is 1. The van der Waals surface area contributed by atoms with E-state index < -0.39 is 5.91 Å². The molecule has 13 nitrogen and oxygen atoms in total. The predicted octanol–water partition coefficient (Wildman–Crippen LogP) is 7.27. The zero-order valence-corrected chi connectivity index (χ0v) is 25.9. The van der Waals surface area contributed by atoms with Gasteiger partial charge in [0.15, 0.2) is 0 Å². The lowest BCUT2D eigenvalue weighted by atomic mass is 10.0. The number of hydrogen-bond donors (Lipinski definition) is 2. The summed E-state index contributed by atoms with van der Waals surface area (Å²) in [6, 6.07) is 13.3. The molecule has 0 bridgehead atoms. The number of anilines is 2. The predicted molar refractivity (Wildman–Crippen MR) is 175 cm³/mol. The van der Waals surface area contributed by atoms with E-state index in [1.807, 2.05) is 29.6 Å². The summed E-state index contributed by atoms with van der Waals surface area (Å²) >= 11 is 2.78. The first-order valence-corrected chi connectivity index (χ1v) is 15.8. The van der Waals surface area contributed by atoms with Crippen LogP contribution >= 0.6 is 22.7 Å². The largest absolute Gasteiger partial charge is 0.326 e. The minimum Gasteiger partial charge on any atom is -0.295 e. The Morgan fingerprint density at radius 3 is 2.27 bits per heavy atom. The number of amides is 3. The molecule has 0 aromatic carbocycles. The highest BCUT2D eigenvalue weighted by molar-refractivity contribution is 7.13. The minimum absolute atomic E-state index is 0.162. The smallest absolute Gasteiger partial charge is 0.295 e. The number of nitrogens with one attached hydrogen (secondary N) is 2. The Balaban J connectivity index is 0.000000211. The van der Waals surface area contributed by atoms with Crippen LogP contribution in [0.25, 0.3) is 31.6 Å². The van der Waals surface area contributed by atoms with Crippen molar-refractivity contribution in [1.82, 2.24) is 29.8 Å². The van der Waals surface area contributed by atoms with E-state index in [1.165, 1.54) is 41.9 Å². The molecule has 15 heteroatoms. The van der Waals surface area contributed by atoms with Gasteiger partial charge in [0.05, 0.1) is 5.69 Å². The summed E-state index contributed by atoms with van der Waals surface area (Å²) in [5.74, 6) is 0.380. The topological polar surface area (TPSA) is 175 Å². The average Bonchev–Trinajstić information content (AvgIpc) is 3.75. The number of pyridine rings is 3. The number of rotatable bonds is 7. The fraction of sp³-hybridized carbons (Fsp3) is 0.233. The Morgan fingerprint density at radius 1 is 0.911 bits per heavy atom. The third kappa shape index (κ3) is 8.97. The van der Waals surface area contributed by atoms with Gasteiger partial charge in [-0.25, -0.2) is 19.7 Å². The van der Waals surface area contributed by atoms with Crippen LogP contribution in [0.15, 0.2) is 83.1 Å². The maximum Gasteiger partial charge on any atom is 0.326 e. The summed E-state index contributed by atoms with van der Waals surface area (Å²) < 4.78 is 0. The summed E-state index contributed by atoms with van der Waals surface area (Å²) in [5, 5.41) is 13.5. The molecule has 0 aliphatic carbocycles. The van der Waals surface area contributed by atoms with E-state index in [-0.39, 0.29) is 11.7 Å². The summed E-state index contributed by atoms with van der Waals surface area (Å²) in [6.07, 6.45) is 10.5. The number of carbonyl (C=O) groups excluding carboxylic acids is 2. The number of azide groups is 1. The number of nitrogens with zero attached hydrogens (tertiary/aromatic N) is 9. The molecule has 0 saturated carbocycles. The van der Waals surface area contributed by atoms with Crippen molar-refractivity contribution in [3.8, 4) is 21.1 Å². The molecular formula is C30H29N11O2S2. The first-order valence-electron chi connectivity index (χ1n) is 14.1. The van der Waals surface area contributed by atoms with E-state index in [2.05, 4.69) is 57.4 Å². The molecule has 6 rings (SSSR count). The average molecular weight is 640 g/mol. The van der Waals surface area contributed by atoms with Crippen LogP contribution in [0.3, 0.4) is 0 Å². The van der Waals surface area contributed by atoms with Crippen molar-refractivity contribution in [2.45, 2.75) is 38.8 Å². The molecule has 3 amide bonds. The molecular weight excluding hydrogens is 611 g/mol. The Bertz CT molecular complexity index is 1770. The van der Waals surface area contributed by atoms with Gasteiger partial charge in [-0.05, 0) is 73.4 Å². The van der Waals surface area contributed by atoms with E-state index in [0.717, 1.165) is 34.9 Å². The quantitative estimate of drug-likeness (QED) is 0.106. The number of aromatic nitrogens is 5. The van der Waals surface area contributed by atoms with Crippen LogP contribution in [0.5, 0.6) is 0 Å². The van der Waals surface area contributed by atoms with Crippen molar-refractivity contribution in [1.29, 1.82) is 0 Å². The first-order chi connectivity index (χ1) is 22.0. The standard InChI is InChI=1S/C21H24N6OS.C9H5N5OS/c1-15-5-2-3-12-27(15)13-17-6-4-7-18(23-17)25-21(28)26-19-14-29-20(24-19)16-8-10-22-11-9-16;10-14-13-8(15)7-5-16-9(12-7)6-1-3-11-4-2-6/h4,6-11,14-15H,2-3,5,12-13H2,1H3,(H2,23,25,26,28);1-5H. The number of hydrogen-bond acceptors (Lipinski definition) is 10. The normalized spacial score (nSPS) is 14.4. The van der Waals surface area contributed by atoms with E-state index >= 15 is 0 Å². The van der Waals surface area contributed by atoms with Crippen molar-refractivity contribution in [2.75, 3.05) is 17.2 Å². The Labute approximate surface area is 267 Å². The Kier molecular flexibility index (Phi) is 10.9. The third-order valence-electron chi connectivity index (χ3n) is 6.81. The highest BCUT2D eigenvalue weighted by Gasteiger charge is 2.19. The van der Waals surface area contributed by atoms with Gasteiger partial charge in [0.25, 0.3) is 5.91 Å². The van der Waals surface area contributed by atoms with Crippen LogP contribution < -0.4 is 10.6 Å². The van der Waals surface area contributed by atoms with Crippen molar-refractivity contribution < 1.29 is 9.59 Å². The van der Waals surface area contributed by atoms with Gasteiger partial charge in [0, 0.05) is 64.2 Å². The van der Waals surface area contributed by atoms with Crippen LogP contribution in [0.1, 0.15) is 42.4 Å². The van der Waals surface area contributed by atoms with E-state index in [0.29, 0.717) is 22.7 Å². The molecule has 2 N–H and O–H groups in total. The lowest BCUT2D eigenvalue weighted by Crippen LogP contribution is -2.37. The van der Waals surface area contributed by atoms with Crippen molar-refractivity contribution in [3.63, 3.8) is 0 Å². The highest BCUT2D eigenvalue weighted by atomic mass is 32.1. The highest BCUT2D eigenvalue weighted by Crippen LogP contribution is 2.26. The molecule has 1 atom stereocenters. The molecule has 6 heterocycles. The Hall–Kier alpha value is -5.08. The molecule has 45 heavy (non-hydrogen) atoms. The molecule has 5 aromatic rings. The zero-order chi connectivity index (χ0) is 31.4. The lowest BCUT2D eigenvalue weighted by Gasteiger charge is -2.33. The fourth-order valence-electron chi connectivity index (χ4n) is 4.55. The monoisotopic (exact) mass is 639 g/mol. The van der Waals surface area contributed by atoms with Gasteiger partial charge in [-0.15, -0.1) is 22.7 Å². The van der Waals surface area contributed by atoms with Crippen LogP contribution in [0.4, 0.5) is 16.4 Å². The number of thiazole rings is 2. The lowest BCUT2D eigenvalue weighted by molar-refractivity contribution is 0.0996. The maximum atomic E-state index is 12.4. The summed E-state index contributed by atoms with van der Waals surface area (Å²) in [7, 11) is 0. The second-order valence-corrected chi connectivity index (χ2v) is 11.7. The molecule has 1 saturated heterocycles. The van der Waals surface area contributed by atoms with Gasteiger partial charge >= 0.3 is 6.03 Å². The fourth-order valence-corrected chi connectivity index (χ4v) is 6.11. The van der Waals surface area contributed by atoms with Crippen molar-refractivity contribution in [3.05, 3.63) is 99.8 Å². The van der Waals surface area contributed by atoms with Crippen LogP contribution in [0, 0.1) is 0 Å². The first kappa shape index (κ1) is 31.3. The van der Waals surface area contributed by atoms with Gasteiger partial charge in [-0.1, -0.05) is 12.5 Å². The molecule has 1 unspecified atom stereocenters. The van der Waals surface area contributed by atoms with Crippen LogP contribution in [0.2, 0.25) is 0 Å². The molecule has 1 fully saturated rings. The van der Waals surface area contributed by atoms with Gasteiger partial charge < -0.3 is 0 Å². The van der Waals surface area contributed by atoms with Crippen molar-refractivity contribution >= 4 is 46.2 Å². The summed E-state index contributed by atoms with van der Waals surface area (Å²) in [5.41, 5.74) is 11.1. The van der Waals surface area contributed by atoms with Crippen LogP contribution in [-0.4, -0.2) is 54.3 Å². The molecule has 0 spiro atoms.